The van der Waals surface area contributed by atoms with Crippen LogP contribution in [-0.4, -0.2) is 17.3 Å². The van der Waals surface area contributed by atoms with E-state index in [2.05, 4.69) is 0 Å². The molecule has 0 heterocycles. The Balaban J connectivity index is 1.92. The molecule has 0 saturated heterocycles. The van der Waals surface area contributed by atoms with Gasteiger partial charge < -0.3 is 10.8 Å². The second kappa shape index (κ2) is 2.71. The molecule has 2 heteroatoms. The van der Waals surface area contributed by atoms with Crippen molar-refractivity contribution in [3.63, 3.8) is 0 Å². The van der Waals surface area contributed by atoms with Crippen molar-refractivity contribution in [2.45, 2.75) is 44.2 Å². The van der Waals surface area contributed by atoms with E-state index in [1.807, 2.05) is 0 Å². The highest BCUT2D eigenvalue weighted by molar-refractivity contribution is 5.00. The molecule has 3 atom stereocenters. The molecule has 4 aliphatic carbocycles. The Morgan fingerprint density at radius 3 is 2.08 bits per heavy atom. The maximum Gasteiger partial charge on any atom is 0.0571 e. The third-order valence-electron chi connectivity index (χ3n) is 4.69. The van der Waals surface area contributed by atoms with Gasteiger partial charge in [0.15, 0.2) is 0 Å². The van der Waals surface area contributed by atoms with Crippen molar-refractivity contribution in [3.05, 3.63) is 0 Å². The quantitative estimate of drug-likeness (QED) is 0.588. The zero-order valence-corrected chi connectivity index (χ0v) is 8.02. The molecule has 4 aliphatic rings. The predicted molar refractivity (Wildman–Crippen MR) is 51.0 cm³/mol. The molecule has 3 unspecified atom stereocenters. The Morgan fingerprint density at radius 1 is 0.846 bits per heavy atom. The van der Waals surface area contributed by atoms with Gasteiger partial charge in [-0.15, -0.1) is 0 Å². The molecule has 0 aromatic carbocycles. The van der Waals surface area contributed by atoms with Gasteiger partial charge in [-0.2, -0.15) is 0 Å². The first kappa shape index (κ1) is 8.25. The predicted octanol–water partition coefficient (Wildman–Crippen LogP) is 1.13. The highest BCUT2D eigenvalue weighted by Crippen LogP contribution is 2.50. The van der Waals surface area contributed by atoms with Crippen LogP contribution in [0, 0.1) is 23.7 Å². The van der Waals surface area contributed by atoms with Gasteiger partial charge in [-0.1, -0.05) is 0 Å². The number of hydrogen-bond donors (Lipinski definition) is 2. The molecule has 13 heavy (non-hydrogen) atoms. The van der Waals surface area contributed by atoms with Crippen LogP contribution < -0.4 is 5.73 Å². The molecule has 0 aliphatic heterocycles. The van der Waals surface area contributed by atoms with Crippen LogP contribution in [0.3, 0.4) is 0 Å². The van der Waals surface area contributed by atoms with Crippen LogP contribution in [0.5, 0.6) is 0 Å². The zero-order chi connectivity index (χ0) is 9.00. The second-order valence-corrected chi connectivity index (χ2v) is 5.47. The molecule has 2 nitrogen and oxygen atoms in total. The molecule has 4 saturated carbocycles. The number of nitrogens with two attached hydrogens (primary N) is 1. The first-order valence-corrected chi connectivity index (χ1v) is 5.67. The lowest BCUT2D eigenvalue weighted by Gasteiger charge is -2.43. The van der Waals surface area contributed by atoms with Crippen LogP contribution in [-0.2, 0) is 0 Å². The minimum Gasteiger partial charge on any atom is -0.393 e. The SMILES string of the molecule is NC1C2CC3CC(O)C(C2)CC1C3. The normalized spacial score (nSPS) is 59.5. The fourth-order valence-electron chi connectivity index (χ4n) is 4.07. The van der Waals surface area contributed by atoms with Gasteiger partial charge in [0, 0.05) is 6.04 Å². The summed E-state index contributed by atoms with van der Waals surface area (Å²) in [6.07, 6.45) is 6.05. The molecule has 0 aromatic rings. The summed E-state index contributed by atoms with van der Waals surface area (Å²) in [4.78, 5) is 0. The molecule has 0 spiro atoms. The number of fused-ring (bicyclic) bond motifs is 1. The average molecular weight is 181 g/mol. The van der Waals surface area contributed by atoms with E-state index in [1.165, 1.54) is 25.7 Å². The molecule has 4 rings (SSSR count). The lowest BCUT2D eigenvalue weighted by atomic mass is 9.65. The van der Waals surface area contributed by atoms with Gasteiger partial charge in [-0.25, -0.2) is 0 Å². The molecule has 0 amide bonds. The number of aliphatic hydroxyl groups excluding tert-OH is 1. The van der Waals surface area contributed by atoms with Gasteiger partial charge in [0.2, 0.25) is 0 Å². The first-order chi connectivity index (χ1) is 6.24. The first-order valence-electron chi connectivity index (χ1n) is 5.67. The minimum atomic E-state index is -0.00694. The highest BCUT2D eigenvalue weighted by atomic mass is 16.3. The van der Waals surface area contributed by atoms with Gasteiger partial charge in [0.1, 0.15) is 0 Å². The monoisotopic (exact) mass is 181 g/mol. The van der Waals surface area contributed by atoms with E-state index in [-0.39, 0.29) is 6.10 Å². The van der Waals surface area contributed by atoms with Crippen molar-refractivity contribution in [3.8, 4) is 0 Å². The Hall–Kier alpha value is -0.0800. The Labute approximate surface area is 79.5 Å². The molecular weight excluding hydrogens is 162 g/mol. The van der Waals surface area contributed by atoms with E-state index in [9.17, 15) is 5.11 Å². The summed E-state index contributed by atoms with van der Waals surface area (Å²) < 4.78 is 0. The summed E-state index contributed by atoms with van der Waals surface area (Å²) >= 11 is 0. The number of rotatable bonds is 0. The van der Waals surface area contributed by atoms with E-state index in [0.29, 0.717) is 12.0 Å². The fourth-order valence-corrected chi connectivity index (χ4v) is 4.07. The summed E-state index contributed by atoms with van der Waals surface area (Å²) in [6, 6.07) is 0.456. The summed E-state index contributed by atoms with van der Waals surface area (Å²) in [7, 11) is 0. The van der Waals surface area contributed by atoms with E-state index >= 15 is 0 Å². The van der Waals surface area contributed by atoms with Crippen molar-refractivity contribution in [2.75, 3.05) is 0 Å². The van der Waals surface area contributed by atoms with Crippen LogP contribution in [0.1, 0.15) is 32.1 Å². The lowest BCUT2D eigenvalue weighted by Crippen LogP contribution is -2.47. The second-order valence-electron chi connectivity index (χ2n) is 5.47. The van der Waals surface area contributed by atoms with Crippen LogP contribution in [0.4, 0.5) is 0 Å². The Bertz CT molecular complexity index is 202. The smallest absolute Gasteiger partial charge is 0.0571 e. The van der Waals surface area contributed by atoms with Gasteiger partial charge in [0.25, 0.3) is 0 Å². The Morgan fingerprint density at radius 2 is 1.46 bits per heavy atom. The number of hydrogen-bond acceptors (Lipinski definition) is 2. The summed E-state index contributed by atoms with van der Waals surface area (Å²) in [5, 5.41) is 9.94. The summed E-state index contributed by atoms with van der Waals surface area (Å²) in [5.41, 5.74) is 6.20. The zero-order valence-electron chi connectivity index (χ0n) is 8.02. The van der Waals surface area contributed by atoms with Crippen LogP contribution >= 0.6 is 0 Å². The van der Waals surface area contributed by atoms with Gasteiger partial charge in [-0.3, -0.25) is 0 Å². The van der Waals surface area contributed by atoms with E-state index < -0.39 is 0 Å². The molecule has 0 radical (unpaired) electrons. The third-order valence-corrected chi connectivity index (χ3v) is 4.69. The van der Waals surface area contributed by atoms with Crippen molar-refractivity contribution in [1.82, 2.24) is 0 Å². The lowest BCUT2D eigenvalue weighted by molar-refractivity contribution is 0.0573. The van der Waals surface area contributed by atoms with Crippen molar-refractivity contribution in [2.24, 2.45) is 29.4 Å². The van der Waals surface area contributed by atoms with E-state index in [4.69, 9.17) is 5.73 Å². The standard InChI is InChI=1S/C11H19NO/c12-11-8-1-6-2-9(11)5-7(4-8)10(13)3-6/h6-11,13H,1-5,12H2. The minimum absolute atomic E-state index is 0.00694. The summed E-state index contributed by atoms with van der Waals surface area (Å²) in [6.45, 7) is 0. The average Bonchev–Trinajstić information content (AvgIpc) is 2.25. The molecule has 4 bridgehead atoms. The number of aliphatic hydroxyl groups is 1. The molecule has 4 fully saturated rings. The van der Waals surface area contributed by atoms with E-state index in [0.717, 1.165) is 24.2 Å². The van der Waals surface area contributed by atoms with Crippen molar-refractivity contribution >= 4 is 0 Å². The van der Waals surface area contributed by atoms with Gasteiger partial charge >= 0.3 is 0 Å². The largest absolute Gasteiger partial charge is 0.393 e. The maximum absolute atomic E-state index is 9.94. The van der Waals surface area contributed by atoms with Crippen molar-refractivity contribution < 1.29 is 5.11 Å². The maximum atomic E-state index is 9.94. The fraction of sp³-hybridized carbons (Fsp3) is 1.00. The van der Waals surface area contributed by atoms with Gasteiger partial charge in [0.05, 0.1) is 6.10 Å². The van der Waals surface area contributed by atoms with Crippen LogP contribution in [0.15, 0.2) is 0 Å². The Kier molecular flexibility index (Phi) is 1.72. The summed E-state index contributed by atoms with van der Waals surface area (Å²) in [5.74, 6) is 2.85. The third kappa shape index (κ3) is 1.15. The van der Waals surface area contributed by atoms with Crippen molar-refractivity contribution in [1.29, 1.82) is 0 Å². The van der Waals surface area contributed by atoms with Crippen LogP contribution in [0.2, 0.25) is 0 Å². The molecule has 74 valence electrons. The van der Waals surface area contributed by atoms with Gasteiger partial charge in [-0.05, 0) is 55.8 Å². The topological polar surface area (TPSA) is 46.2 Å². The molecular formula is C11H19NO. The molecule has 0 aromatic heterocycles. The molecule has 3 N–H and O–H groups in total. The van der Waals surface area contributed by atoms with Crippen LogP contribution in [0.25, 0.3) is 0 Å². The highest BCUT2D eigenvalue weighted by Gasteiger charge is 2.47. The van der Waals surface area contributed by atoms with E-state index in [1.54, 1.807) is 0 Å².